The van der Waals surface area contributed by atoms with Crippen molar-refractivity contribution < 1.29 is 0 Å². The smallest absolute Gasteiger partial charge is 0.0357 e. The molecule has 0 amide bonds. The van der Waals surface area contributed by atoms with Crippen LogP contribution in [0.25, 0.3) is 0 Å². The van der Waals surface area contributed by atoms with Crippen molar-refractivity contribution in [2.45, 2.75) is 37.2 Å². The molecule has 2 atom stereocenters. The molecule has 0 spiro atoms. The third kappa shape index (κ3) is 0.883. The van der Waals surface area contributed by atoms with Crippen LogP contribution in [0.5, 0.6) is 0 Å². The van der Waals surface area contributed by atoms with E-state index in [1.807, 2.05) is 21.6 Å². The van der Waals surface area contributed by atoms with Gasteiger partial charge in [-0.1, -0.05) is 35.4 Å². The topological polar surface area (TPSA) is 0 Å². The van der Waals surface area contributed by atoms with Crippen molar-refractivity contribution in [2.75, 3.05) is 0 Å². The van der Waals surface area contributed by atoms with E-state index in [1.54, 1.807) is 0 Å². The Kier molecular flexibility index (Phi) is 1.83. The van der Waals surface area contributed by atoms with E-state index in [1.165, 1.54) is 6.42 Å². The van der Waals surface area contributed by atoms with Crippen LogP contribution in [0.1, 0.15) is 27.2 Å². The van der Waals surface area contributed by atoms with Gasteiger partial charge in [-0.25, -0.2) is 0 Å². The highest BCUT2D eigenvalue weighted by molar-refractivity contribution is 8.80. The lowest BCUT2D eigenvalue weighted by atomic mass is 10.1. The van der Waals surface area contributed by atoms with E-state index in [2.05, 4.69) is 20.8 Å². The Hall–Kier alpha value is 0.700. The minimum Gasteiger partial charge on any atom is -0.0889 e. The van der Waals surface area contributed by atoms with Gasteiger partial charge in [-0.05, 0) is 13.3 Å². The van der Waals surface area contributed by atoms with Crippen LogP contribution in [0.4, 0.5) is 0 Å². The van der Waals surface area contributed by atoms with Crippen LogP contribution < -0.4 is 0 Å². The Morgan fingerprint density at radius 2 is 2.25 bits per heavy atom. The zero-order valence-corrected chi connectivity index (χ0v) is 7.23. The monoisotopic (exact) mass is 148 g/mol. The fourth-order valence-corrected chi connectivity index (χ4v) is 3.76. The second-order valence-electron chi connectivity index (χ2n) is 2.49. The molecule has 1 heterocycles. The summed E-state index contributed by atoms with van der Waals surface area (Å²) >= 11 is 0. The number of hydrogen-bond donors (Lipinski definition) is 0. The molecule has 0 aromatic carbocycles. The van der Waals surface area contributed by atoms with Crippen LogP contribution in [-0.4, -0.2) is 10.00 Å². The maximum absolute atomic E-state index is 2.35. The van der Waals surface area contributed by atoms with E-state index >= 15 is 0 Å². The van der Waals surface area contributed by atoms with Crippen LogP contribution in [-0.2, 0) is 0 Å². The van der Waals surface area contributed by atoms with Crippen molar-refractivity contribution in [1.82, 2.24) is 0 Å². The zero-order chi connectivity index (χ0) is 6.20. The molecule has 8 heavy (non-hydrogen) atoms. The molecule has 1 fully saturated rings. The first kappa shape index (κ1) is 6.81. The summed E-state index contributed by atoms with van der Waals surface area (Å²) in [7, 11) is 4.04. The van der Waals surface area contributed by atoms with Gasteiger partial charge in [-0.3, -0.25) is 0 Å². The third-order valence-corrected chi connectivity index (χ3v) is 6.32. The molecule has 0 saturated carbocycles. The highest BCUT2D eigenvalue weighted by Gasteiger charge is 2.39. The average Bonchev–Trinajstić information content (AvgIpc) is 1.83. The van der Waals surface area contributed by atoms with Gasteiger partial charge in [0.05, 0.1) is 0 Å². The van der Waals surface area contributed by atoms with Gasteiger partial charge in [0.25, 0.3) is 0 Å². The first-order valence-corrected chi connectivity index (χ1v) is 5.25. The van der Waals surface area contributed by atoms with E-state index in [9.17, 15) is 0 Å². The summed E-state index contributed by atoms with van der Waals surface area (Å²) in [6, 6.07) is 0. The fraction of sp³-hybridized carbons (Fsp3) is 1.00. The Morgan fingerprint density at radius 1 is 1.62 bits per heavy atom. The van der Waals surface area contributed by atoms with E-state index < -0.39 is 0 Å². The van der Waals surface area contributed by atoms with Crippen LogP contribution in [0, 0.1) is 0 Å². The largest absolute Gasteiger partial charge is 0.0889 e. The quantitative estimate of drug-likeness (QED) is 0.524. The molecule has 0 nitrogen and oxygen atoms in total. The van der Waals surface area contributed by atoms with Gasteiger partial charge in [-0.2, -0.15) is 0 Å². The molecule has 0 aromatic rings. The number of hydrogen-bond acceptors (Lipinski definition) is 2. The summed E-state index contributed by atoms with van der Waals surface area (Å²) in [5.41, 5.74) is 0. The molecule has 1 rings (SSSR count). The van der Waals surface area contributed by atoms with Crippen molar-refractivity contribution in [2.24, 2.45) is 0 Å². The molecule has 2 heteroatoms. The van der Waals surface area contributed by atoms with Crippen LogP contribution in [0.2, 0.25) is 0 Å². The molecule has 2 unspecified atom stereocenters. The molecule has 1 aliphatic rings. The highest BCUT2D eigenvalue weighted by Crippen LogP contribution is 2.57. The van der Waals surface area contributed by atoms with Crippen molar-refractivity contribution >= 4 is 21.6 Å². The Morgan fingerprint density at radius 3 is 2.25 bits per heavy atom. The summed E-state index contributed by atoms with van der Waals surface area (Å²) < 4.78 is 0.602. The van der Waals surface area contributed by atoms with Gasteiger partial charge in [0, 0.05) is 10.00 Å². The van der Waals surface area contributed by atoms with Gasteiger partial charge in [0.15, 0.2) is 0 Å². The lowest BCUT2D eigenvalue weighted by Gasteiger charge is -2.42. The van der Waals surface area contributed by atoms with E-state index in [0.29, 0.717) is 4.75 Å². The van der Waals surface area contributed by atoms with Crippen molar-refractivity contribution in [3.05, 3.63) is 0 Å². The SMILES string of the molecule is CCC1(C)SSC1C. The van der Waals surface area contributed by atoms with E-state index in [-0.39, 0.29) is 0 Å². The van der Waals surface area contributed by atoms with Gasteiger partial charge < -0.3 is 0 Å². The molecule has 0 N–H and O–H groups in total. The predicted octanol–water partition coefficient (Wildman–Crippen LogP) is 2.94. The molecule has 1 aliphatic heterocycles. The zero-order valence-electron chi connectivity index (χ0n) is 5.60. The minimum atomic E-state index is 0.602. The fourth-order valence-electron chi connectivity index (χ4n) is 0.655. The van der Waals surface area contributed by atoms with Crippen molar-refractivity contribution in [1.29, 1.82) is 0 Å². The lowest BCUT2D eigenvalue weighted by molar-refractivity contribution is 0.609. The molecule has 0 radical (unpaired) electrons. The highest BCUT2D eigenvalue weighted by atomic mass is 33.1. The van der Waals surface area contributed by atoms with Crippen molar-refractivity contribution in [3.63, 3.8) is 0 Å². The normalized spacial score (nSPS) is 46.1. The lowest BCUT2D eigenvalue weighted by Crippen LogP contribution is -2.36. The maximum atomic E-state index is 2.35. The van der Waals surface area contributed by atoms with Gasteiger partial charge in [-0.15, -0.1) is 0 Å². The number of rotatable bonds is 1. The summed E-state index contributed by atoms with van der Waals surface area (Å²) in [5, 5.41) is 0.873. The first-order chi connectivity index (χ1) is 3.69. The van der Waals surface area contributed by atoms with Gasteiger partial charge >= 0.3 is 0 Å². The second kappa shape index (κ2) is 2.14. The molecule has 1 saturated heterocycles. The summed E-state index contributed by atoms with van der Waals surface area (Å²) in [6.45, 7) is 6.92. The van der Waals surface area contributed by atoms with Gasteiger partial charge in [0.2, 0.25) is 0 Å². The molecular formula is C6H12S2. The van der Waals surface area contributed by atoms with Crippen LogP contribution in [0.15, 0.2) is 0 Å². The molecule has 0 aliphatic carbocycles. The standard InChI is InChI=1S/C6H12S2/c1-4-6(3)5(2)7-8-6/h5H,4H2,1-3H3. The summed E-state index contributed by atoms with van der Waals surface area (Å²) in [5.74, 6) is 0. The summed E-state index contributed by atoms with van der Waals surface area (Å²) in [6.07, 6.45) is 1.31. The van der Waals surface area contributed by atoms with E-state index in [0.717, 1.165) is 5.25 Å². The second-order valence-corrected chi connectivity index (χ2v) is 5.56. The molecule has 0 aromatic heterocycles. The van der Waals surface area contributed by atoms with E-state index in [4.69, 9.17) is 0 Å². The van der Waals surface area contributed by atoms with Crippen LogP contribution in [0.3, 0.4) is 0 Å². The first-order valence-electron chi connectivity index (χ1n) is 3.03. The molecular weight excluding hydrogens is 136 g/mol. The van der Waals surface area contributed by atoms with Crippen LogP contribution >= 0.6 is 21.6 Å². The van der Waals surface area contributed by atoms with Gasteiger partial charge in [0.1, 0.15) is 0 Å². The minimum absolute atomic E-state index is 0.602. The van der Waals surface area contributed by atoms with Crippen molar-refractivity contribution in [3.8, 4) is 0 Å². The third-order valence-electron chi connectivity index (χ3n) is 1.94. The Labute approximate surface area is 59.2 Å². The average molecular weight is 148 g/mol. The predicted molar refractivity (Wildman–Crippen MR) is 43.3 cm³/mol. The maximum Gasteiger partial charge on any atom is 0.0357 e. The Bertz CT molecular complexity index is 88.5. The summed E-state index contributed by atoms with van der Waals surface area (Å²) in [4.78, 5) is 0. The Balaban J connectivity index is 2.42. The molecule has 48 valence electrons. The molecule has 0 bridgehead atoms.